The number of hydrogen-bond acceptors (Lipinski definition) is 2. The molecular formula is C13H16ClN3. The van der Waals surface area contributed by atoms with Gasteiger partial charge in [-0.25, -0.2) is 0 Å². The number of hydrogen-bond donors (Lipinski definition) is 1. The molecule has 0 fully saturated rings. The maximum absolute atomic E-state index is 5.96. The monoisotopic (exact) mass is 249 g/mol. The van der Waals surface area contributed by atoms with Gasteiger partial charge in [0, 0.05) is 30.0 Å². The van der Waals surface area contributed by atoms with Crippen molar-refractivity contribution < 1.29 is 0 Å². The zero-order valence-corrected chi connectivity index (χ0v) is 10.6. The van der Waals surface area contributed by atoms with Gasteiger partial charge in [0.2, 0.25) is 0 Å². The van der Waals surface area contributed by atoms with Crippen LogP contribution < -0.4 is 5.32 Å². The molecule has 0 bridgehead atoms. The Labute approximate surface area is 106 Å². The highest BCUT2D eigenvalue weighted by molar-refractivity contribution is 6.30. The van der Waals surface area contributed by atoms with Crippen LogP contribution in [-0.2, 0) is 6.54 Å². The first-order valence-corrected chi connectivity index (χ1v) is 6.10. The number of halogens is 1. The molecule has 1 aromatic heterocycles. The SMILES string of the molecule is C[C@H](NCCn1cccn1)c1cccc(Cl)c1. The first-order chi connectivity index (χ1) is 8.25. The molecule has 0 aliphatic heterocycles. The summed E-state index contributed by atoms with van der Waals surface area (Å²) in [7, 11) is 0. The molecule has 17 heavy (non-hydrogen) atoms. The molecule has 1 atom stereocenters. The minimum Gasteiger partial charge on any atom is -0.308 e. The third-order valence-electron chi connectivity index (χ3n) is 2.70. The molecule has 0 saturated carbocycles. The van der Waals surface area contributed by atoms with Gasteiger partial charge < -0.3 is 5.32 Å². The molecule has 3 nitrogen and oxygen atoms in total. The number of rotatable bonds is 5. The fourth-order valence-electron chi connectivity index (χ4n) is 1.72. The summed E-state index contributed by atoms with van der Waals surface area (Å²) in [4.78, 5) is 0. The first kappa shape index (κ1) is 12.1. The van der Waals surface area contributed by atoms with E-state index in [1.165, 1.54) is 5.56 Å². The summed E-state index contributed by atoms with van der Waals surface area (Å²) in [6.07, 6.45) is 3.76. The van der Waals surface area contributed by atoms with E-state index in [9.17, 15) is 0 Å². The molecule has 0 unspecified atom stereocenters. The summed E-state index contributed by atoms with van der Waals surface area (Å²) < 4.78 is 1.91. The topological polar surface area (TPSA) is 29.9 Å². The largest absolute Gasteiger partial charge is 0.308 e. The maximum Gasteiger partial charge on any atom is 0.0534 e. The Morgan fingerprint density at radius 2 is 2.29 bits per heavy atom. The van der Waals surface area contributed by atoms with Crippen molar-refractivity contribution in [2.45, 2.75) is 19.5 Å². The summed E-state index contributed by atoms with van der Waals surface area (Å²) in [6.45, 7) is 3.89. The molecule has 1 N–H and O–H groups in total. The van der Waals surface area contributed by atoms with Crippen LogP contribution in [0.4, 0.5) is 0 Å². The van der Waals surface area contributed by atoms with Gasteiger partial charge in [-0.3, -0.25) is 4.68 Å². The lowest BCUT2D eigenvalue weighted by Crippen LogP contribution is -2.23. The van der Waals surface area contributed by atoms with Gasteiger partial charge in [-0.05, 0) is 30.7 Å². The van der Waals surface area contributed by atoms with E-state index in [0.29, 0.717) is 6.04 Å². The third-order valence-corrected chi connectivity index (χ3v) is 2.93. The lowest BCUT2D eigenvalue weighted by molar-refractivity contribution is 0.507. The van der Waals surface area contributed by atoms with Crippen LogP contribution in [0.2, 0.25) is 5.02 Å². The molecule has 0 amide bonds. The molecule has 4 heteroatoms. The third kappa shape index (κ3) is 3.58. The van der Waals surface area contributed by atoms with Crippen molar-refractivity contribution in [2.24, 2.45) is 0 Å². The fourth-order valence-corrected chi connectivity index (χ4v) is 1.92. The lowest BCUT2D eigenvalue weighted by atomic mass is 10.1. The standard InChI is InChI=1S/C13H16ClN3/c1-11(12-4-2-5-13(14)10-12)15-7-9-17-8-3-6-16-17/h2-6,8,10-11,15H,7,9H2,1H3/t11-/m0/s1. The van der Waals surface area contributed by atoms with Crippen LogP contribution in [0.1, 0.15) is 18.5 Å². The van der Waals surface area contributed by atoms with Crippen LogP contribution in [0.15, 0.2) is 42.7 Å². The zero-order valence-electron chi connectivity index (χ0n) is 9.81. The van der Waals surface area contributed by atoms with Crippen LogP contribution in [-0.4, -0.2) is 16.3 Å². The molecule has 0 saturated heterocycles. The van der Waals surface area contributed by atoms with Crippen molar-refractivity contribution >= 4 is 11.6 Å². The number of benzene rings is 1. The molecule has 2 rings (SSSR count). The molecule has 90 valence electrons. The molecular weight excluding hydrogens is 234 g/mol. The average molecular weight is 250 g/mol. The molecule has 1 heterocycles. The second-order valence-corrected chi connectivity index (χ2v) is 4.44. The Morgan fingerprint density at radius 3 is 3.00 bits per heavy atom. The highest BCUT2D eigenvalue weighted by atomic mass is 35.5. The highest BCUT2D eigenvalue weighted by Gasteiger charge is 2.04. The second-order valence-electron chi connectivity index (χ2n) is 4.00. The Hall–Kier alpha value is -1.32. The van der Waals surface area contributed by atoms with Gasteiger partial charge in [0.05, 0.1) is 6.54 Å². The van der Waals surface area contributed by atoms with E-state index >= 15 is 0 Å². The van der Waals surface area contributed by atoms with E-state index in [4.69, 9.17) is 11.6 Å². The van der Waals surface area contributed by atoms with E-state index < -0.39 is 0 Å². The summed E-state index contributed by atoms with van der Waals surface area (Å²) in [5.74, 6) is 0. The van der Waals surface area contributed by atoms with Crippen molar-refractivity contribution in [3.05, 3.63) is 53.3 Å². The number of aromatic nitrogens is 2. The molecule has 0 aliphatic carbocycles. The summed E-state index contributed by atoms with van der Waals surface area (Å²) in [5.41, 5.74) is 1.21. The quantitative estimate of drug-likeness (QED) is 0.883. The van der Waals surface area contributed by atoms with E-state index in [2.05, 4.69) is 23.4 Å². The average Bonchev–Trinajstić information content (AvgIpc) is 2.82. The fraction of sp³-hybridized carbons (Fsp3) is 0.308. The lowest BCUT2D eigenvalue weighted by Gasteiger charge is -2.14. The minimum absolute atomic E-state index is 0.296. The minimum atomic E-state index is 0.296. The normalized spacial score (nSPS) is 12.6. The smallest absolute Gasteiger partial charge is 0.0534 e. The predicted molar refractivity (Wildman–Crippen MR) is 70.1 cm³/mol. The van der Waals surface area contributed by atoms with Gasteiger partial charge >= 0.3 is 0 Å². The van der Waals surface area contributed by atoms with Crippen LogP contribution in [0.3, 0.4) is 0 Å². The Bertz CT molecular complexity index is 453. The van der Waals surface area contributed by atoms with Crippen molar-refractivity contribution in [1.29, 1.82) is 0 Å². The van der Waals surface area contributed by atoms with Crippen LogP contribution in [0.25, 0.3) is 0 Å². The van der Waals surface area contributed by atoms with Gasteiger partial charge in [0.1, 0.15) is 0 Å². The number of nitrogens with one attached hydrogen (secondary N) is 1. The Balaban J connectivity index is 1.83. The Kier molecular flexibility index (Phi) is 4.18. The van der Waals surface area contributed by atoms with Gasteiger partial charge in [-0.15, -0.1) is 0 Å². The van der Waals surface area contributed by atoms with Crippen LogP contribution >= 0.6 is 11.6 Å². The highest BCUT2D eigenvalue weighted by Crippen LogP contribution is 2.16. The maximum atomic E-state index is 5.96. The van der Waals surface area contributed by atoms with Crippen molar-refractivity contribution in [3.63, 3.8) is 0 Å². The second kappa shape index (κ2) is 5.84. The van der Waals surface area contributed by atoms with E-state index in [1.54, 1.807) is 6.20 Å². The van der Waals surface area contributed by atoms with E-state index in [1.807, 2.05) is 35.1 Å². The van der Waals surface area contributed by atoms with Crippen molar-refractivity contribution in [1.82, 2.24) is 15.1 Å². The van der Waals surface area contributed by atoms with Gasteiger partial charge in [0.25, 0.3) is 0 Å². The van der Waals surface area contributed by atoms with Crippen LogP contribution in [0, 0.1) is 0 Å². The van der Waals surface area contributed by atoms with Crippen LogP contribution in [0.5, 0.6) is 0 Å². The molecule has 0 spiro atoms. The van der Waals surface area contributed by atoms with E-state index in [-0.39, 0.29) is 0 Å². The summed E-state index contributed by atoms with van der Waals surface area (Å²) >= 11 is 5.96. The molecule has 0 radical (unpaired) electrons. The van der Waals surface area contributed by atoms with Gasteiger partial charge in [-0.2, -0.15) is 5.10 Å². The summed E-state index contributed by atoms with van der Waals surface area (Å²) in [5, 5.41) is 8.38. The van der Waals surface area contributed by atoms with Gasteiger partial charge in [0.15, 0.2) is 0 Å². The van der Waals surface area contributed by atoms with E-state index in [0.717, 1.165) is 18.1 Å². The van der Waals surface area contributed by atoms with Gasteiger partial charge in [-0.1, -0.05) is 23.7 Å². The molecule has 2 aromatic rings. The first-order valence-electron chi connectivity index (χ1n) is 5.72. The zero-order chi connectivity index (χ0) is 12.1. The van der Waals surface area contributed by atoms with Crippen molar-refractivity contribution in [2.75, 3.05) is 6.54 Å². The van der Waals surface area contributed by atoms with Crippen molar-refractivity contribution in [3.8, 4) is 0 Å². The summed E-state index contributed by atoms with van der Waals surface area (Å²) in [6, 6.07) is 10.2. The number of nitrogens with zero attached hydrogens (tertiary/aromatic N) is 2. The predicted octanol–water partition coefficient (Wildman–Crippen LogP) is 2.89. The Morgan fingerprint density at radius 1 is 1.41 bits per heavy atom. The molecule has 0 aliphatic rings. The molecule has 1 aromatic carbocycles.